The summed E-state index contributed by atoms with van der Waals surface area (Å²) in [6, 6.07) is 9.22. The Balaban J connectivity index is 2.62. The number of carbonyl (C=O) groups is 1. The first-order valence-corrected chi connectivity index (χ1v) is 6.80. The highest BCUT2D eigenvalue weighted by atomic mass is 32.2. The molecular weight excluding hydrogens is 242 g/mol. The molecule has 6 heteroatoms. The molecule has 1 aromatic carbocycles. The maximum absolute atomic E-state index is 11.5. The standard InChI is InChI=1S/C11H15NO4S/c1-9(10-5-3-2-4-6-10)8-17(15,16)12-7-11(13)14/h2-6,9,12H,7-8H2,1H3,(H,13,14). The van der Waals surface area contributed by atoms with Gasteiger partial charge in [0.05, 0.1) is 5.75 Å². The molecule has 0 aromatic heterocycles. The molecule has 17 heavy (non-hydrogen) atoms. The predicted molar refractivity (Wildman–Crippen MR) is 64.3 cm³/mol. The maximum atomic E-state index is 11.5. The van der Waals surface area contributed by atoms with Gasteiger partial charge in [-0.2, -0.15) is 0 Å². The van der Waals surface area contributed by atoms with E-state index in [0.29, 0.717) is 0 Å². The van der Waals surface area contributed by atoms with E-state index >= 15 is 0 Å². The highest BCUT2D eigenvalue weighted by molar-refractivity contribution is 7.89. The van der Waals surface area contributed by atoms with Crippen molar-refractivity contribution in [3.63, 3.8) is 0 Å². The largest absolute Gasteiger partial charge is 0.480 e. The van der Waals surface area contributed by atoms with Crippen LogP contribution < -0.4 is 4.72 Å². The fourth-order valence-corrected chi connectivity index (χ4v) is 2.75. The number of rotatable bonds is 6. The van der Waals surface area contributed by atoms with Crippen molar-refractivity contribution < 1.29 is 18.3 Å². The van der Waals surface area contributed by atoms with Crippen molar-refractivity contribution in [2.75, 3.05) is 12.3 Å². The molecule has 94 valence electrons. The molecule has 0 radical (unpaired) electrons. The molecule has 1 atom stereocenters. The Bertz CT molecular complexity index is 470. The molecular formula is C11H15NO4S. The zero-order valence-electron chi connectivity index (χ0n) is 9.46. The number of carboxylic acid groups (broad SMARTS) is 1. The summed E-state index contributed by atoms with van der Waals surface area (Å²) in [7, 11) is -3.55. The van der Waals surface area contributed by atoms with Crippen molar-refractivity contribution in [2.45, 2.75) is 12.8 Å². The molecule has 0 aliphatic rings. The minimum atomic E-state index is -3.55. The Hall–Kier alpha value is -1.40. The van der Waals surface area contributed by atoms with E-state index in [-0.39, 0.29) is 11.7 Å². The summed E-state index contributed by atoms with van der Waals surface area (Å²) in [6.07, 6.45) is 0. The van der Waals surface area contributed by atoms with Crippen LogP contribution in [0.2, 0.25) is 0 Å². The zero-order chi connectivity index (χ0) is 12.9. The van der Waals surface area contributed by atoms with Crippen molar-refractivity contribution in [1.82, 2.24) is 4.72 Å². The molecule has 5 nitrogen and oxygen atoms in total. The third-order valence-corrected chi connectivity index (χ3v) is 3.80. The van der Waals surface area contributed by atoms with Gasteiger partial charge >= 0.3 is 5.97 Å². The van der Waals surface area contributed by atoms with Gasteiger partial charge in [0.25, 0.3) is 0 Å². The van der Waals surface area contributed by atoms with Gasteiger partial charge in [-0.15, -0.1) is 0 Å². The highest BCUT2D eigenvalue weighted by Crippen LogP contribution is 2.15. The van der Waals surface area contributed by atoms with Gasteiger partial charge in [0.2, 0.25) is 10.0 Å². The van der Waals surface area contributed by atoms with Gasteiger partial charge in [-0.25, -0.2) is 13.1 Å². The normalized spacial score (nSPS) is 13.2. The molecule has 1 unspecified atom stereocenters. The van der Waals surface area contributed by atoms with Crippen LogP contribution in [0, 0.1) is 0 Å². The Labute approximate surface area is 101 Å². The van der Waals surface area contributed by atoms with Crippen LogP contribution in [0.5, 0.6) is 0 Å². The predicted octanol–water partition coefficient (Wildman–Crippen LogP) is 0.794. The lowest BCUT2D eigenvalue weighted by molar-refractivity contribution is -0.135. The first-order valence-electron chi connectivity index (χ1n) is 5.15. The van der Waals surface area contributed by atoms with Crippen LogP contribution in [0.25, 0.3) is 0 Å². The lowest BCUT2D eigenvalue weighted by Crippen LogP contribution is -2.32. The molecule has 0 spiro atoms. The van der Waals surface area contributed by atoms with E-state index in [9.17, 15) is 13.2 Å². The number of carboxylic acids is 1. The number of nitrogens with one attached hydrogen (secondary N) is 1. The summed E-state index contributed by atoms with van der Waals surface area (Å²) in [6.45, 7) is 1.21. The Kier molecular flexibility index (Phi) is 4.65. The van der Waals surface area contributed by atoms with Gasteiger partial charge in [0.1, 0.15) is 6.54 Å². The maximum Gasteiger partial charge on any atom is 0.318 e. The van der Waals surface area contributed by atoms with Crippen LogP contribution in [0.3, 0.4) is 0 Å². The monoisotopic (exact) mass is 257 g/mol. The quantitative estimate of drug-likeness (QED) is 0.789. The van der Waals surface area contributed by atoms with Crippen molar-refractivity contribution in [1.29, 1.82) is 0 Å². The molecule has 0 bridgehead atoms. The zero-order valence-corrected chi connectivity index (χ0v) is 10.3. The van der Waals surface area contributed by atoms with Crippen LogP contribution in [-0.4, -0.2) is 31.8 Å². The molecule has 0 aliphatic heterocycles. The molecule has 0 saturated heterocycles. The van der Waals surface area contributed by atoms with E-state index < -0.39 is 22.5 Å². The SMILES string of the molecule is CC(CS(=O)(=O)NCC(=O)O)c1ccccc1. The van der Waals surface area contributed by atoms with Gasteiger partial charge in [-0.1, -0.05) is 37.3 Å². The van der Waals surface area contributed by atoms with Crippen LogP contribution in [0.4, 0.5) is 0 Å². The van der Waals surface area contributed by atoms with E-state index in [2.05, 4.69) is 0 Å². The van der Waals surface area contributed by atoms with E-state index in [0.717, 1.165) is 5.56 Å². The molecule has 2 N–H and O–H groups in total. The van der Waals surface area contributed by atoms with Crippen molar-refractivity contribution in [3.05, 3.63) is 35.9 Å². The van der Waals surface area contributed by atoms with Crippen LogP contribution in [0.1, 0.15) is 18.4 Å². The number of aliphatic carboxylic acids is 1. The molecule has 1 rings (SSSR count). The average molecular weight is 257 g/mol. The fraction of sp³-hybridized carbons (Fsp3) is 0.364. The number of sulfonamides is 1. The highest BCUT2D eigenvalue weighted by Gasteiger charge is 2.17. The van der Waals surface area contributed by atoms with Gasteiger partial charge in [-0.3, -0.25) is 4.79 Å². The molecule has 0 saturated carbocycles. The van der Waals surface area contributed by atoms with Crippen LogP contribution in [-0.2, 0) is 14.8 Å². The minimum Gasteiger partial charge on any atom is -0.480 e. The van der Waals surface area contributed by atoms with Gasteiger partial charge in [-0.05, 0) is 11.5 Å². The van der Waals surface area contributed by atoms with Crippen molar-refractivity contribution in [2.24, 2.45) is 0 Å². The number of benzene rings is 1. The third-order valence-electron chi connectivity index (χ3n) is 2.28. The Morgan fingerprint density at radius 2 is 1.94 bits per heavy atom. The topological polar surface area (TPSA) is 83.5 Å². The molecule has 0 fully saturated rings. The first-order chi connectivity index (χ1) is 7.91. The van der Waals surface area contributed by atoms with E-state index in [4.69, 9.17) is 5.11 Å². The van der Waals surface area contributed by atoms with Crippen molar-refractivity contribution >= 4 is 16.0 Å². The van der Waals surface area contributed by atoms with Crippen LogP contribution >= 0.6 is 0 Å². The lowest BCUT2D eigenvalue weighted by Gasteiger charge is -2.12. The summed E-state index contributed by atoms with van der Waals surface area (Å²) in [5.74, 6) is -1.49. The average Bonchev–Trinajstić information content (AvgIpc) is 2.27. The summed E-state index contributed by atoms with van der Waals surface area (Å²) < 4.78 is 25.1. The molecule has 1 aromatic rings. The van der Waals surface area contributed by atoms with Crippen molar-refractivity contribution in [3.8, 4) is 0 Å². The van der Waals surface area contributed by atoms with Gasteiger partial charge < -0.3 is 5.11 Å². The molecule has 0 amide bonds. The number of hydrogen-bond acceptors (Lipinski definition) is 3. The summed E-state index contributed by atoms with van der Waals surface area (Å²) in [4.78, 5) is 10.3. The van der Waals surface area contributed by atoms with E-state index in [1.54, 1.807) is 6.92 Å². The van der Waals surface area contributed by atoms with Gasteiger partial charge in [0.15, 0.2) is 0 Å². The first kappa shape index (κ1) is 13.7. The number of hydrogen-bond donors (Lipinski definition) is 2. The van der Waals surface area contributed by atoms with Gasteiger partial charge in [0, 0.05) is 0 Å². The van der Waals surface area contributed by atoms with Crippen LogP contribution in [0.15, 0.2) is 30.3 Å². The van der Waals surface area contributed by atoms with E-state index in [1.165, 1.54) is 0 Å². The Morgan fingerprint density at radius 3 is 2.47 bits per heavy atom. The Morgan fingerprint density at radius 1 is 1.35 bits per heavy atom. The second-order valence-corrected chi connectivity index (χ2v) is 5.66. The molecule has 0 aliphatic carbocycles. The second kappa shape index (κ2) is 5.79. The minimum absolute atomic E-state index is 0.121. The second-order valence-electron chi connectivity index (χ2n) is 3.81. The summed E-state index contributed by atoms with van der Waals surface area (Å²) in [5.41, 5.74) is 0.910. The smallest absolute Gasteiger partial charge is 0.318 e. The lowest BCUT2D eigenvalue weighted by atomic mass is 10.0. The fourth-order valence-electron chi connectivity index (χ4n) is 1.44. The third kappa shape index (κ3) is 4.97. The molecule has 0 heterocycles. The summed E-state index contributed by atoms with van der Waals surface area (Å²) in [5, 5.41) is 8.40. The summed E-state index contributed by atoms with van der Waals surface area (Å²) >= 11 is 0. The van der Waals surface area contributed by atoms with E-state index in [1.807, 2.05) is 35.1 Å².